The van der Waals surface area contributed by atoms with E-state index in [-0.39, 0.29) is 5.54 Å². The van der Waals surface area contributed by atoms with Crippen molar-refractivity contribution in [3.8, 4) is 0 Å². The summed E-state index contributed by atoms with van der Waals surface area (Å²) < 4.78 is 0. The van der Waals surface area contributed by atoms with Gasteiger partial charge in [-0.15, -0.1) is 0 Å². The average Bonchev–Trinajstić information content (AvgIpc) is 3.07. The molecule has 1 atom stereocenters. The van der Waals surface area contributed by atoms with Gasteiger partial charge in [0.2, 0.25) is 0 Å². The van der Waals surface area contributed by atoms with E-state index in [0.29, 0.717) is 0 Å². The van der Waals surface area contributed by atoms with Gasteiger partial charge in [0, 0.05) is 37.3 Å². The first-order valence-corrected chi connectivity index (χ1v) is 6.03. The molecule has 2 aliphatic carbocycles. The topological polar surface area (TPSA) is 41.3 Å². The number of nitrogens with zero attached hydrogens (tertiary/aromatic N) is 1. The van der Waals surface area contributed by atoms with E-state index in [2.05, 4.69) is 10.2 Å². The van der Waals surface area contributed by atoms with E-state index in [0.717, 1.165) is 18.6 Å². The quantitative estimate of drug-likeness (QED) is 0.678. The molecule has 0 bridgehead atoms. The number of nitrogens with one attached hydrogen (secondary N) is 1. The van der Waals surface area contributed by atoms with Crippen LogP contribution in [-0.2, 0) is 0 Å². The van der Waals surface area contributed by atoms with E-state index in [1.165, 1.54) is 45.2 Å². The van der Waals surface area contributed by atoms with Gasteiger partial charge in [0.1, 0.15) is 0 Å². The molecule has 3 rings (SSSR count). The van der Waals surface area contributed by atoms with Crippen molar-refractivity contribution in [2.75, 3.05) is 19.6 Å². The number of rotatable bonds is 4. The molecular formula is C11H21N3. The van der Waals surface area contributed by atoms with Crippen molar-refractivity contribution in [1.29, 1.82) is 0 Å². The van der Waals surface area contributed by atoms with Crippen molar-refractivity contribution in [1.82, 2.24) is 10.2 Å². The third-order valence-corrected chi connectivity index (χ3v) is 3.92. The van der Waals surface area contributed by atoms with Crippen LogP contribution < -0.4 is 11.1 Å². The van der Waals surface area contributed by atoms with Crippen LogP contribution in [0, 0.1) is 0 Å². The molecule has 1 saturated heterocycles. The van der Waals surface area contributed by atoms with Gasteiger partial charge >= 0.3 is 0 Å². The second kappa shape index (κ2) is 3.19. The summed E-state index contributed by atoms with van der Waals surface area (Å²) >= 11 is 0. The summed E-state index contributed by atoms with van der Waals surface area (Å²) in [7, 11) is 0. The number of hydrogen-bond donors (Lipinski definition) is 2. The summed E-state index contributed by atoms with van der Waals surface area (Å²) in [5.41, 5.74) is 6.21. The Labute approximate surface area is 86.0 Å². The van der Waals surface area contributed by atoms with Crippen LogP contribution in [0.2, 0.25) is 0 Å². The molecule has 0 aromatic rings. The van der Waals surface area contributed by atoms with E-state index in [1.54, 1.807) is 0 Å². The predicted octanol–water partition coefficient (Wildman–Crippen LogP) is 0.304. The smallest absolute Gasteiger partial charge is 0.0447 e. The number of nitrogens with two attached hydrogens (primary N) is 1. The van der Waals surface area contributed by atoms with Crippen LogP contribution in [0.5, 0.6) is 0 Å². The monoisotopic (exact) mass is 195 g/mol. The third-order valence-electron chi connectivity index (χ3n) is 3.92. The lowest BCUT2D eigenvalue weighted by atomic mass is 9.99. The molecule has 0 spiro atoms. The Morgan fingerprint density at radius 3 is 2.64 bits per heavy atom. The van der Waals surface area contributed by atoms with E-state index in [1.807, 2.05) is 0 Å². The Morgan fingerprint density at radius 1 is 1.29 bits per heavy atom. The van der Waals surface area contributed by atoms with Gasteiger partial charge in [0.15, 0.2) is 0 Å². The molecule has 3 N–H and O–H groups in total. The average molecular weight is 195 g/mol. The van der Waals surface area contributed by atoms with Gasteiger partial charge in [-0.05, 0) is 32.1 Å². The van der Waals surface area contributed by atoms with E-state index in [4.69, 9.17) is 5.73 Å². The van der Waals surface area contributed by atoms with Crippen molar-refractivity contribution in [3.05, 3.63) is 0 Å². The maximum absolute atomic E-state index is 5.94. The van der Waals surface area contributed by atoms with Gasteiger partial charge in [-0.2, -0.15) is 0 Å². The Bertz CT molecular complexity index is 223. The van der Waals surface area contributed by atoms with Crippen LogP contribution in [0.3, 0.4) is 0 Å². The maximum Gasteiger partial charge on any atom is 0.0447 e. The summed E-state index contributed by atoms with van der Waals surface area (Å²) in [6.07, 6.45) is 6.83. The van der Waals surface area contributed by atoms with Crippen LogP contribution >= 0.6 is 0 Å². The lowest BCUT2D eigenvalue weighted by Gasteiger charge is -2.29. The lowest BCUT2D eigenvalue weighted by molar-refractivity contribution is 0.274. The van der Waals surface area contributed by atoms with Crippen molar-refractivity contribution < 1.29 is 0 Å². The van der Waals surface area contributed by atoms with E-state index >= 15 is 0 Å². The summed E-state index contributed by atoms with van der Waals surface area (Å²) in [6.45, 7) is 3.28. The van der Waals surface area contributed by atoms with Crippen molar-refractivity contribution in [2.24, 2.45) is 5.73 Å². The molecule has 1 heterocycles. The largest absolute Gasteiger partial charge is 0.329 e. The van der Waals surface area contributed by atoms with Crippen molar-refractivity contribution >= 4 is 0 Å². The van der Waals surface area contributed by atoms with Gasteiger partial charge in [-0.1, -0.05) is 0 Å². The zero-order valence-electron chi connectivity index (χ0n) is 8.84. The summed E-state index contributed by atoms with van der Waals surface area (Å²) in [5, 5.41) is 3.76. The predicted molar refractivity (Wildman–Crippen MR) is 57.2 cm³/mol. The fourth-order valence-corrected chi connectivity index (χ4v) is 2.66. The van der Waals surface area contributed by atoms with Gasteiger partial charge in [0.05, 0.1) is 0 Å². The maximum atomic E-state index is 5.94. The number of hydrogen-bond acceptors (Lipinski definition) is 3. The fourth-order valence-electron chi connectivity index (χ4n) is 2.66. The molecule has 3 heteroatoms. The summed E-state index contributed by atoms with van der Waals surface area (Å²) in [6, 6.07) is 1.70. The first-order valence-electron chi connectivity index (χ1n) is 6.03. The molecule has 0 aromatic heterocycles. The standard InChI is InChI=1S/C11H21N3/c12-7-11(13-9-1-2-9)5-6-14(8-11)10-3-4-10/h9-10,13H,1-8,12H2. The molecule has 0 amide bonds. The lowest BCUT2D eigenvalue weighted by Crippen LogP contribution is -2.54. The first kappa shape index (κ1) is 9.13. The van der Waals surface area contributed by atoms with E-state index in [9.17, 15) is 0 Å². The minimum atomic E-state index is 0.268. The van der Waals surface area contributed by atoms with Gasteiger partial charge < -0.3 is 11.1 Å². The molecule has 1 unspecified atom stereocenters. The van der Waals surface area contributed by atoms with Gasteiger partial charge in [-0.25, -0.2) is 0 Å². The van der Waals surface area contributed by atoms with Crippen LogP contribution in [-0.4, -0.2) is 42.2 Å². The van der Waals surface area contributed by atoms with Crippen LogP contribution in [0.4, 0.5) is 0 Å². The Morgan fingerprint density at radius 2 is 2.07 bits per heavy atom. The SMILES string of the molecule is NCC1(NC2CC2)CCN(C2CC2)C1. The van der Waals surface area contributed by atoms with Crippen LogP contribution in [0.15, 0.2) is 0 Å². The van der Waals surface area contributed by atoms with E-state index < -0.39 is 0 Å². The Hall–Kier alpha value is -0.120. The van der Waals surface area contributed by atoms with Crippen LogP contribution in [0.1, 0.15) is 32.1 Å². The van der Waals surface area contributed by atoms with Gasteiger partial charge in [-0.3, -0.25) is 4.90 Å². The molecule has 14 heavy (non-hydrogen) atoms. The first-order chi connectivity index (χ1) is 6.81. The zero-order valence-corrected chi connectivity index (χ0v) is 8.84. The fraction of sp³-hybridized carbons (Fsp3) is 1.00. The summed E-state index contributed by atoms with van der Waals surface area (Å²) in [5.74, 6) is 0. The normalized spacial score (nSPS) is 39.2. The third kappa shape index (κ3) is 1.69. The summed E-state index contributed by atoms with van der Waals surface area (Å²) in [4.78, 5) is 2.64. The van der Waals surface area contributed by atoms with Crippen molar-refractivity contribution in [3.63, 3.8) is 0 Å². The highest BCUT2D eigenvalue weighted by atomic mass is 15.3. The molecular weight excluding hydrogens is 174 g/mol. The zero-order chi connectivity index (χ0) is 9.60. The second-order valence-corrected chi connectivity index (χ2v) is 5.35. The second-order valence-electron chi connectivity index (χ2n) is 5.35. The Balaban J connectivity index is 1.62. The highest BCUT2D eigenvalue weighted by molar-refractivity contribution is 5.05. The minimum absolute atomic E-state index is 0.268. The number of likely N-dealkylation sites (tertiary alicyclic amines) is 1. The molecule has 3 nitrogen and oxygen atoms in total. The van der Waals surface area contributed by atoms with Gasteiger partial charge in [0.25, 0.3) is 0 Å². The molecule has 0 radical (unpaired) electrons. The molecule has 3 fully saturated rings. The molecule has 80 valence electrons. The molecule has 3 aliphatic rings. The molecule has 2 saturated carbocycles. The van der Waals surface area contributed by atoms with Crippen LogP contribution in [0.25, 0.3) is 0 Å². The van der Waals surface area contributed by atoms with Crippen molar-refractivity contribution in [2.45, 2.75) is 49.7 Å². The highest BCUT2D eigenvalue weighted by Crippen LogP contribution is 2.34. The molecule has 0 aromatic carbocycles. The minimum Gasteiger partial charge on any atom is -0.329 e. The molecule has 1 aliphatic heterocycles. The Kier molecular flexibility index (Phi) is 2.08. The highest BCUT2D eigenvalue weighted by Gasteiger charge is 2.44.